The van der Waals surface area contributed by atoms with Crippen LogP contribution in [0.2, 0.25) is 0 Å². The van der Waals surface area contributed by atoms with Crippen LogP contribution in [0.1, 0.15) is 24.4 Å². The monoisotopic (exact) mass is 283 g/mol. The summed E-state index contributed by atoms with van der Waals surface area (Å²) in [7, 11) is -2.90. The Labute approximate surface area is 112 Å². The molecular formula is C13H17NO4S. The zero-order chi connectivity index (χ0) is 13.5. The summed E-state index contributed by atoms with van der Waals surface area (Å²) in [6, 6.07) is 5.04. The summed E-state index contributed by atoms with van der Waals surface area (Å²) in [5.74, 6) is 1.36. The second-order valence-electron chi connectivity index (χ2n) is 5.21. The number of ether oxygens (including phenoxy) is 1. The summed E-state index contributed by atoms with van der Waals surface area (Å²) in [6.45, 7) is 0.481. The number of fused-ring (bicyclic) bond motifs is 1. The molecule has 19 heavy (non-hydrogen) atoms. The van der Waals surface area contributed by atoms with Gasteiger partial charge in [0.05, 0.1) is 17.5 Å². The van der Waals surface area contributed by atoms with Gasteiger partial charge in [-0.2, -0.15) is 0 Å². The van der Waals surface area contributed by atoms with Gasteiger partial charge in [0.2, 0.25) is 0 Å². The summed E-state index contributed by atoms with van der Waals surface area (Å²) in [5, 5.41) is 12.8. The number of benzene rings is 1. The molecule has 1 fully saturated rings. The van der Waals surface area contributed by atoms with Crippen molar-refractivity contribution in [1.29, 1.82) is 0 Å². The van der Waals surface area contributed by atoms with Gasteiger partial charge < -0.3 is 15.2 Å². The zero-order valence-electron chi connectivity index (χ0n) is 10.5. The predicted octanol–water partition coefficient (Wildman–Crippen LogP) is 0.992. The van der Waals surface area contributed by atoms with Crippen molar-refractivity contribution in [2.75, 3.05) is 18.1 Å². The van der Waals surface area contributed by atoms with E-state index in [1.165, 1.54) is 0 Å². The smallest absolute Gasteiger partial charge is 0.151 e. The average molecular weight is 283 g/mol. The molecule has 0 radical (unpaired) electrons. The normalized spacial score (nSPS) is 28.6. The van der Waals surface area contributed by atoms with Crippen LogP contribution in [0.4, 0.5) is 0 Å². The van der Waals surface area contributed by atoms with E-state index in [1.54, 1.807) is 12.1 Å². The number of hydrogen-bond donors (Lipinski definition) is 2. The third kappa shape index (κ3) is 2.69. The molecule has 2 heterocycles. The Balaban J connectivity index is 1.73. The highest BCUT2D eigenvalue weighted by atomic mass is 32.2. The van der Waals surface area contributed by atoms with Crippen molar-refractivity contribution in [2.24, 2.45) is 0 Å². The molecule has 1 aromatic carbocycles. The number of rotatable bonds is 2. The van der Waals surface area contributed by atoms with Gasteiger partial charge in [-0.3, -0.25) is 0 Å². The van der Waals surface area contributed by atoms with E-state index in [0.717, 1.165) is 18.4 Å². The topological polar surface area (TPSA) is 75.6 Å². The minimum absolute atomic E-state index is 0.00731. The summed E-state index contributed by atoms with van der Waals surface area (Å²) in [5.41, 5.74) is 0.987. The van der Waals surface area contributed by atoms with E-state index in [1.807, 2.05) is 6.07 Å². The standard InChI is InChI=1S/C13H17NO4S/c15-10-3-4-11-12(7-18-13(11)6-10)14-9-2-1-5-19(16,17)8-9/h3-4,6,9,12,14-15H,1-2,5,7-8H2. The van der Waals surface area contributed by atoms with Crippen LogP contribution in [-0.2, 0) is 9.84 Å². The van der Waals surface area contributed by atoms with E-state index < -0.39 is 9.84 Å². The minimum Gasteiger partial charge on any atom is -0.508 e. The van der Waals surface area contributed by atoms with E-state index in [4.69, 9.17) is 4.74 Å². The number of phenolic OH excluding ortho intramolecular Hbond substituents is 1. The van der Waals surface area contributed by atoms with Crippen molar-refractivity contribution in [3.63, 3.8) is 0 Å². The van der Waals surface area contributed by atoms with Crippen LogP contribution in [-0.4, -0.2) is 37.7 Å². The van der Waals surface area contributed by atoms with Crippen LogP contribution in [0.3, 0.4) is 0 Å². The van der Waals surface area contributed by atoms with Crippen molar-refractivity contribution in [3.05, 3.63) is 23.8 Å². The maximum Gasteiger partial charge on any atom is 0.151 e. The zero-order valence-corrected chi connectivity index (χ0v) is 11.3. The lowest BCUT2D eigenvalue weighted by atomic mass is 10.1. The number of hydrogen-bond acceptors (Lipinski definition) is 5. The van der Waals surface area contributed by atoms with Crippen molar-refractivity contribution >= 4 is 9.84 Å². The Bertz CT molecular complexity index is 584. The van der Waals surface area contributed by atoms with Gasteiger partial charge in [0, 0.05) is 17.7 Å². The molecule has 0 amide bonds. The largest absolute Gasteiger partial charge is 0.508 e. The Morgan fingerprint density at radius 2 is 2.21 bits per heavy atom. The highest BCUT2D eigenvalue weighted by molar-refractivity contribution is 7.91. The van der Waals surface area contributed by atoms with Gasteiger partial charge in [-0.1, -0.05) is 0 Å². The molecule has 1 saturated heterocycles. The van der Waals surface area contributed by atoms with Crippen LogP contribution in [0.25, 0.3) is 0 Å². The first-order valence-corrected chi connectivity index (χ1v) is 8.28. The Kier molecular flexibility index (Phi) is 3.14. The van der Waals surface area contributed by atoms with Gasteiger partial charge >= 0.3 is 0 Å². The molecule has 0 bridgehead atoms. The highest BCUT2D eigenvalue weighted by Gasteiger charge is 2.30. The fraction of sp³-hybridized carbons (Fsp3) is 0.538. The van der Waals surface area contributed by atoms with Gasteiger partial charge in [-0.05, 0) is 25.0 Å². The highest BCUT2D eigenvalue weighted by Crippen LogP contribution is 2.35. The average Bonchev–Trinajstić information content (AvgIpc) is 2.70. The van der Waals surface area contributed by atoms with Gasteiger partial charge in [0.25, 0.3) is 0 Å². The fourth-order valence-corrected chi connectivity index (χ4v) is 4.42. The maximum absolute atomic E-state index is 11.6. The molecule has 1 aromatic rings. The van der Waals surface area contributed by atoms with E-state index in [2.05, 4.69) is 5.32 Å². The van der Waals surface area contributed by atoms with Crippen LogP contribution in [0, 0.1) is 0 Å². The molecule has 6 heteroatoms. The third-order valence-corrected chi connectivity index (χ3v) is 5.50. The molecule has 3 rings (SSSR count). The maximum atomic E-state index is 11.6. The van der Waals surface area contributed by atoms with E-state index in [9.17, 15) is 13.5 Å². The predicted molar refractivity (Wildman–Crippen MR) is 71.2 cm³/mol. The van der Waals surface area contributed by atoms with Crippen LogP contribution in [0.5, 0.6) is 11.5 Å². The van der Waals surface area contributed by atoms with E-state index in [-0.39, 0.29) is 23.6 Å². The first-order chi connectivity index (χ1) is 9.03. The molecule has 0 aromatic heterocycles. The summed E-state index contributed by atoms with van der Waals surface area (Å²) in [6.07, 6.45) is 1.60. The lowest BCUT2D eigenvalue weighted by molar-refractivity contribution is 0.295. The molecule has 0 saturated carbocycles. The number of nitrogens with one attached hydrogen (secondary N) is 1. The van der Waals surface area contributed by atoms with Crippen molar-refractivity contribution in [2.45, 2.75) is 24.9 Å². The molecule has 2 aliphatic heterocycles. The SMILES string of the molecule is O=S1(=O)CCCC(NC2COc3cc(O)ccc32)C1. The second kappa shape index (κ2) is 4.68. The van der Waals surface area contributed by atoms with Crippen LogP contribution in [0.15, 0.2) is 18.2 Å². The Hall–Kier alpha value is -1.27. The second-order valence-corrected chi connectivity index (χ2v) is 7.43. The van der Waals surface area contributed by atoms with Crippen molar-refractivity contribution in [1.82, 2.24) is 5.32 Å². The van der Waals surface area contributed by atoms with Crippen LogP contribution < -0.4 is 10.1 Å². The van der Waals surface area contributed by atoms with Gasteiger partial charge in [0.1, 0.15) is 18.1 Å². The number of aromatic hydroxyl groups is 1. The van der Waals surface area contributed by atoms with E-state index in [0.29, 0.717) is 18.1 Å². The van der Waals surface area contributed by atoms with Gasteiger partial charge in [-0.15, -0.1) is 0 Å². The lowest BCUT2D eigenvalue weighted by Crippen LogP contribution is -2.42. The summed E-state index contributed by atoms with van der Waals surface area (Å²) < 4.78 is 28.8. The molecule has 0 spiro atoms. The van der Waals surface area contributed by atoms with Crippen LogP contribution >= 0.6 is 0 Å². The van der Waals surface area contributed by atoms with E-state index >= 15 is 0 Å². The number of sulfone groups is 1. The molecule has 104 valence electrons. The Morgan fingerprint density at radius 3 is 3.00 bits per heavy atom. The fourth-order valence-electron chi connectivity index (χ4n) is 2.78. The molecule has 2 atom stereocenters. The lowest BCUT2D eigenvalue weighted by Gasteiger charge is -2.25. The molecule has 2 N–H and O–H groups in total. The van der Waals surface area contributed by atoms with Gasteiger partial charge in [0.15, 0.2) is 9.84 Å². The first kappa shape index (κ1) is 12.7. The third-order valence-electron chi connectivity index (χ3n) is 3.68. The minimum atomic E-state index is -2.90. The molecule has 5 nitrogen and oxygen atoms in total. The Morgan fingerprint density at radius 1 is 1.37 bits per heavy atom. The van der Waals surface area contributed by atoms with Gasteiger partial charge in [-0.25, -0.2) is 8.42 Å². The van der Waals surface area contributed by atoms with Crippen molar-refractivity contribution in [3.8, 4) is 11.5 Å². The summed E-state index contributed by atoms with van der Waals surface area (Å²) in [4.78, 5) is 0. The molecule has 2 aliphatic rings. The summed E-state index contributed by atoms with van der Waals surface area (Å²) >= 11 is 0. The molecule has 2 unspecified atom stereocenters. The quantitative estimate of drug-likeness (QED) is 0.846. The van der Waals surface area contributed by atoms with Crippen molar-refractivity contribution < 1.29 is 18.3 Å². The first-order valence-electron chi connectivity index (χ1n) is 6.46. The molecule has 0 aliphatic carbocycles. The molecular weight excluding hydrogens is 266 g/mol. The number of phenols is 1.